The van der Waals surface area contributed by atoms with E-state index in [0.717, 1.165) is 12.0 Å². The molecule has 0 bridgehead atoms. The van der Waals surface area contributed by atoms with Crippen molar-refractivity contribution in [3.8, 4) is 0 Å². The smallest absolute Gasteiger partial charge is 0.238 e. The summed E-state index contributed by atoms with van der Waals surface area (Å²) < 4.78 is 24.0. The highest BCUT2D eigenvalue weighted by Crippen LogP contribution is 2.18. The minimum atomic E-state index is -3.41. The van der Waals surface area contributed by atoms with Gasteiger partial charge in [-0.1, -0.05) is 37.3 Å². The van der Waals surface area contributed by atoms with E-state index in [1.807, 2.05) is 30.3 Å². The van der Waals surface area contributed by atoms with Crippen molar-refractivity contribution in [1.82, 2.24) is 5.32 Å². The third-order valence-electron chi connectivity index (χ3n) is 3.81. The average molecular weight is 311 g/mol. The summed E-state index contributed by atoms with van der Waals surface area (Å²) in [6.45, 7) is 7.15. The monoisotopic (exact) mass is 311 g/mol. The molecule has 2 atom stereocenters. The Morgan fingerprint density at radius 2 is 1.71 bits per heavy atom. The van der Waals surface area contributed by atoms with E-state index >= 15 is 0 Å². The molecule has 0 unspecified atom stereocenters. The van der Waals surface area contributed by atoms with Gasteiger partial charge in [0.15, 0.2) is 9.84 Å². The molecule has 1 N–H and O–H groups in total. The molecule has 21 heavy (non-hydrogen) atoms. The fourth-order valence-corrected chi connectivity index (χ4v) is 3.35. The number of carbonyl (C=O) groups is 1. The van der Waals surface area contributed by atoms with Gasteiger partial charge in [-0.25, -0.2) is 8.42 Å². The standard InChI is InChI=1S/C16H25NO3S/c1-5-14(15-9-7-6-8-10-15)11-17-16(18)13(4)21(19,20)12(2)3/h6-10,12-14H,5,11H2,1-4H3,(H,17,18)/t13-,14-/m1/s1. The zero-order valence-corrected chi connectivity index (χ0v) is 14.0. The minimum Gasteiger partial charge on any atom is -0.354 e. The van der Waals surface area contributed by atoms with Crippen LogP contribution in [-0.2, 0) is 14.6 Å². The average Bonchev–Trinajstić information content (AvgIpc) is 2.47. The minimum absolute atomic E-state index is 0.198. The highest BCUT2D eigenvalue weighted by molar-refractivity contribution is 7.93. The van der Waals surface area contributed by atoms with Crippen LogP contribution in [0.5, 0.6) is 0 Å². The quantitative estimate of drug-likeness (QED) is 0.841. The molecular formula is C16H25NO3S. The number of sulfone groups is 1. The van der Waals surface area contributed by atoms with Crippen LogP contribution in [0.25, 0.3) is 0 Å². The maximum absolute atomic E-state index is 12.1. The Labute approximate surface area is 127 Å². The van der Waals surface area contributed by atoms with Gasteiger partial charge in [0.1, 0.15) is 5.25 Å². The van der Waals surface area contributed by atoms with E-state index in [1.165, 1.54) is 6.92 Å². The van der Waals surface area contributed by atoms with Crippen LogP contribution in [-0.4, -0.2) is 31.4 Å². The van der Waals surface area contributed by atoms with E-state index in [2.05, 4.69) is 12.2 Å². The molecule has 0 spiro atoms. The molecule has 4 nitrogen and oxygen atoms in total. The number of hydrogen-bond donors (Lipinski definition) is 1. The van der Waals surface area contributed by atoms with Gasteiger partial charge in [0.2, 0.25) is 5.91 Å². The second-order valence-electron chi connectivity index (χ2n) is 5.54. The first-order valence-electron chi connectivity index (χ1n) is 7.36. The van der Waals surface area contributed by atoms with Crippen molar-refractivity contribution in [2.24, 2.45) is 0 Å². The van der Waals surface area contributed by atoms with Crippen LogP contribution in [0.4, 0.5) is 0 Å². The third-order valence-corrected chi connectivity index (χ3v) is 6.32. The maximum atomic E-state index is 12.1. The molecule has 1 aromatic rings. The van der Waals surface area contributed by atoms with Crippen LogP contribution in [0.2, 0.25) is 0 Å². The summed E-state index contributed by atoms with van der Waals surface area (Å²) in [4.78, 5) is 12.1. The highest BCUT2D eigenvalue weighted by Gasteiger charge is 2.30. The molecule has 118 valence electrons. The first-order valence-corrected chi connectivity index (χ1v) is 8.97. The van der Waals surface area contributed by atoms with E-state index in [0.29, 0.717) is 6.54 Å². The van der Waals surface area contributed by atoms with Crippen LogP contribution < -0.4 is 5.32 Å². The Morgan fingerprint density at radius 1 is 1.14 bits per heavy atom. The number of benzene rings is 1. The predicted octanol–water partition coefficient (Wildman–Crippen LogP) is 2.51. The molecule has 0 radical (unpaired) electrons. The molecule has 0 saturated heterocycles. The highest BCUT2D eigenvalue weighted by atomic mass is 32.2. The van der Waals surface area contributed by atoms with Gasteiger partial charge in [0, 0.05) is 12.5 Å². The second-order valence-corrected chi connectivity index (χ2v) is 8.37. The Kier molecular flexibility index (Phi) is 6.40. The lowest BCUT2D eigenvalue weighted by molar-refractivity contribution is -0.120. The molecule has 1 rings (SSSR count). The van der Waals surface area contributed by atoms with Gasteiger partial charge in [-0.05, 0) is 32.8 Å². The maximum Gasteiger partial charge on any atom is 0.238 e. The number of rotatable bonds is 7. The largest absolute Gasteiger partial charge is 0.354 e. The molecule has 0 saturated carbocycles. The van der Waals surface area contributed by atoms with Crippen LogP contribution in [0.1, 0.15) is 45.6 Å². The zero-order valence-electron chi connectivity index (χ0n) is 13.2. The summed E-state index contributed by atoms with van der Waals surface area (Å²) in [6, 6.07) is 9.92. The number of hydrogen-bond acceptors (Lipinski definition) is 3. The number of carbonyl (C=O) groups excluding carboxylic acids is 1. The summed E-state index contributed by atoms with van der Waals surface area (Å²) in [5.74, 6) is -0.220. The van der Waals surface area contributed by atoms with Crippen molar-refractivity contribution in [2.75, 3.05) is 6.54 Å². The van der Waals surface area contributed by atoms with Crippen molar-refractivity contribution in [3.63, 3.8) is 0 Å². The van der Waals surface area contributed by atoms with Crippen LogP contribution in [0.15, 0.2) is 30.3 Å². The number of amides is 1. The second kappa shape index (κ2) is 7.59. The molecule has 0 aliphatic heterocycles. The summed E-state index contributed by atoms with van der Waals surface area (Å²) in [5.41, 5.74) is 1.15. The predicted molar refractivity (Wildman–Crippen MR) is 86.0 cm³/mol. The molecule has 0 heterocycles. The van der Waals surface area contributed by atoms with Gasteiger partial charge >= 0.3 is 0 Å². The van der Waals surface area contributed by atoms with Gasteiger partial charge in [-0.15, -0.1) is 0 Å². The first kappa shape index (κ1) is 17.7. The lowest BCUT2D eigenvalue weighted by Gasteiger charge is -2.19. The van der Waals surface area contributed by atoms with Crippen molar-refractivity contribution < 1.29 is 13.2 Å². The van der Waals surface area contributed by atoms with Gasteiger partial charge in [0.05, 0.1) is 5.25 Å². The van der Waals surface area contributed by atoms with Crippen molar-refractivity contribution in [2.45, 2.75) is 50.5 Å². The Bertz CT molecular complexity index is 552. The van der Waals surface area contributed by atoms with Gasteiger partial charge < -0.3 is 5.32 Å². The Hall–Kier alpha value is -1.36. The number of nitrogens with one attached hydrogen (secondary N) is 1. The van der Waals surface area contributed by atoms with Crippen molar-refractivity contribution in [1.29, 1.82) is 0 Å². The summed E-state index contributed by atoms with van der Waals surface area (Å²) in [7, 11) is -3.41. The van der Waals surface area contributed by atoms with Gasteiger partial charge in [-0.2, -0.15) is 0 Å². The van der Waals surface area contributed by atoms with Gasteiger partial charge in [-0.3, -0.25) is 4.79 Å². The topological polar surface area (TPSA) is 63.2 Å². The molecule has 1 amide bonds. The molecule has 0 aliphatic carbocycles. The Morgan fingerprint density at radius 3 is 2.19 bits per heavy atom. The normalized spacial score (nSPS) is 14.7. The van der Waals surface area contributed by atoms with E-state index in [1.54, 1.807) is 13.8 Å². The summed E-state index contributed by atoms with van der Waals surface area (Å²) in [5, 5.41) is 1.22. The first-order chi connectivity index (χ1) is 9.80. The lowest BCUT2D eigenvalue weighted by atomic mass is 9.96. The van der Waals surface area contributed by atoms with E-state index in [9.17, 15) is 13.2 Å². The van der Waals surface area contributed by atoms with Crippen molar-refractivity contribution >= 4 is 15.7 Å². The third kappa shape index (κ3) is 4.56. The van der Waals surface area contributed by atoms with Crippen molar-refractivity contribution in [3.05, 3.63) is 35.9 Å². The molecule has 0 aliphatic rings. The van der Waals surface area contributed by atoms with Crippen LogP contribution >= 0.6 is 0 Å². The SMILES string of the molecule is CC[C@H](CNC(=O)[C@@H](C)S(=O)(=O)C(C)C)c1ccccc1. The summed E-state index contributed by atoms with van der Waals surface area (Å²) in [6.07, 6.45) is 0.885. The fraction of sp³-hybridized carbons (Fsp3) is 0.562. The Balaban J connectivity index is 2.68. The lowest BCUT2D eigenvalue weighted by Crippen LogP contribution is -2.42. The molecule has 5 heteroatoms. The van der Waals surface area contributed by atoms with Crippen LogP contribution in [0.3, 0.4) is 0 Å². The van der Waals surface area contributed by atoms with E-state index in [4.69, 9.17) is 0 Å². The summed E-state index contributed by atoms with van der Waals surface area (Å²) >= 11 is 0. The molecule has 1 aromatic carbocycles. The molecule has 0 aromatic heterocycles. The van der Waals surface area contributed by atoms with Gasteiger partial charge in [0.25, 0.3) is 0 Å². The zero-order chi connectivity index (χ0) is 16.0. The fourth-order valence-electron chi connectivity index (χ4n) is 2.15. The van der Waals surface area contributed by atoms with E-state index in [-0.39, 0.29) is 5.92 Å². The van der Waals surface area contributed by atoms with E-state index < -0.39 is 26.2 Å². The molecule has 0 fully saturated rings. The van der Waals surface area contributed by atoms with Crippen LogP contribution in [0, 0.1) is 0 Å². The molecular weight excluding hydrogens is 286 g/mol.